The summed E-state index contributed by atoms with van der Waals surface area (Å²) in [4.78, 5) is 31.0. The fourth-order valence-electron chi connectivity index (χ4n) is 3.89. The van der Waals surface area contributed by atoms with E-state index in [1.165, 1.54) is 0 Å². The second-order valence-electron chi connectivity index (χ2n) is 7.19. The monoisotopic (exact) mass is 343 g/mol. The van der Waals surface area contributed by atoms with Crippen LogP contribution < -0.4 is 9.64 Å². The molecule has 0 unspecified atom stereocenters. The van der Waals surface area contributed by atoms with E-state index in [9.17, 15) is 9.59 Å². The van der Waals surface area contributed by atoms with Crippen LogP contribution in [0, 0.1) is 5.92 Å². The Bertz CT molecular complexity index is 666. The van der Waals surface area contributed by atoms with Crippen molar-refractivity contribution in [3.8, 4) is 5.75 Å². The summed E-state index contributed by atoms with van der Waals surface area (Å²) in [5.74, 6) is 1.02. The lowest BCUT2D eigenvalue weighted by molar-refractivity contribution is -0.136. The first-order chi connectivity index (χ1) is 12.2. The van der Waals surface area contributed by atoms with E-state index in [0.717, 1.165) is 37.4 Å². The van der Waals surface area contributed by atoms with E-state index < -0.39 is 0 Å². The highest BCUT2D eigenvalue weighted by atomic mass is 16.5. The first kappa shape index (κ1) is 16.2. The van der Waals surface area contributed by atoms with Gasteiger partial charge in [0.15, 0.2) is 0 Å². The lowest BCUT2D eigenvalue weighted by Gasteiger charge is -2.37. The van der Waals surface area contributed by atoms with Crippen molar-refractivity contribution in [1.82, 2.24) is 9.80 Å². The van der Waals surface area contributed by atoms with Crippen molar-refractivity contribution in [1.29, 1.82) is 0 Å². The van der Waals surface area contributed by atoms with Crippen LogP contribution >= 0.6 is 0 Å². The number of hydrogen-bond acceptors (Lipinski definition) is 4. The van der Waals surface area contributed by atoms with Crippen molar-refractivity contribution in [2.75, 3.05) is 44.7 Å². The van der Waals surface area contributed by atoms with E-state index >= 15 is 0 Å². The summed E-state index contributed by atoms with van der Waals surface area (Å²) in [6, 6.07) is 8.44. The molecule has 25 heavy (non-hydrogen) atoms. The van der Waals surface area contributed by atoms with Crippen LogP contribution in [0.15, 0.2) is 24.3 Å². The molecule has 1 aliphatic carbocycles. The van der Waals surface area contributed by atoms with Gasteiger partial charge in [-0.3, -0.25) is 9.59 Å². The molecule has 1 aromatic carbocycles. The number of piperazine rings is 1. The highest BCUT2D eigenvalue weighted by Gasteiger charge is 2.43. The topological polar surface area (TPSA) is 53.1 Å². The van der Waals surface area contributed by atoms with Gasteiger partial charge in [-0.05, 0) is 25.0 Å². The van der Waals surface area contributed by atoms with E-state index in [1.807, 2.05) is 28.0 Å². The highest BCUT2D eigenvalue weighted by Crippen LogP contribution is 2.33. The molecule has 2 heterocycles. The standard InChI is InChI=1S/C19H25N3O3/c1-25-17-4-2-3-16(12-17)20-7-9-21(10-8-20)19(24)14-11-18(23)22(13-14)15-5-6-15/h2-4,12,14-15H,5-11,13H2,1H3/t14-/m1/s1. The molecule has 0 aromatic heterocycles. The number of methoxy groups -OCH3 is 1. The SMILES string of the molecule is COc1cccc(N2CCN(C(=O)[C@@H]3CC(=O)N(C4CC4)C3)CC2)c1. The zero-order valence-corrected chi connectivity index (χ0v) is 14.7. The van der Waals surface area contributed by atoms with E-state index in [0.29, 0.717) is 32.1 Å². The third kappa shape index (κ3) is 3.30. The molecule has 134 valence electrons. The van der Waals surface area contributed by atoms with Gasteiger partial charge in [0.05, 0.1) is 13.0 Å². The van der Waals surface area contributed by atoms with Gasteiger partial charge in [0.2, 0.25) is 11.8 Å². The van der Waals surface area contributed by atoms with Gasteiger partial charge in [-0.25, -0.2) is 0 Å². The Morgan fingerprint density at radius 2 is 1.92 bits per heavy atom. The number of amides is 2. The largest absolute Gasteiger partial charge is 0.497 e. The fraction of sp³-hybridized carbons (Fsp3) is 0.579. The van der Waals surface area contributed by atoms with Crippen LogP contribution in [0.1, 0.15) is 19.3 Å². The normalized spacial score (nSPS) is 24.0. The van der Waals surface area contributed by atoms with Crippen molar-refractivity contribution in [3.63, 3.8) is 0 Å². The lowest BCUT2D eigenvalue weighted by atomic mass is 10.1. The summed E-state index contributed by atoms with van der Waals surface area (Å²) in [6.45, 7) is 3.67. The molecular formula is C19H25N3O3. The minimum absolute atomic E-state index is 0.142. The van der Waals surface area contributed by atoms with Gasteiger partial charge in [-0.1, -0.05) is 6.07 Å². The minimum Gasteiger partial charge on any atom is -0.497 e. The van der Waals surface area contributed by atoms with Gasteiger partial charge in [0.1, 0.15) is 5.75 Å². The number of carbonyl (C=O) groups excluding carboxylic acids is 2. The average molecular weight is 343 g/mol. The van der Waals surface area contributed by atoms with Crippen molar-refractivity contribution in [3.05, 3.63) is 24.3 Å². The Kier molecular flexibility index (Phi) is 4.27. The Labute approximate surface area is 148 Å². The van der Waals surface area contributed by atoms with Crippen LogP contribution in [0.5, 0.6) is 5.75 Å². The average Bonchev–Trinajstić information content (AvgIpc) is 3.43. The second kappa shape index (κ2) is 6.58. The Balaban J connectivity index is 1.33. The maximum atomic E-state index is 12.8. The second-order valence-corrected chi connectivity index (χ2v) is 7.19. The van der Waals surface area contributed by atoms with Gasteiger partial charge >= 0.3 is 0 Å². The molecule has 2 saturated heterocycles. The molecule has 6 heteroatoms. The smallest absolute Gasteiger partial charge is 0.228 e. The Morgan fingerprint density at radius 3 is 2.60 bits per heavy atom. The van der Waals surface area contributed by atoms with Crippen LogP contribution in [0.4, 0.5) is 5.69 Å². The first-order valence-corrected chi connectivity index (χ1v) is 9.13. The number of benzene rings is 1. The van der Waals surface area contributed by atoms with Gasteiger partial charge in [0, 0.05) is 56.9 Å². The van der Waals surface area contributed by atoms with Gasteiger partial charge in [-0.15, -0.1) is 0 Å². The molecule has 1 atom stereocenters. The van der Waals surface area contributed by atoms with Crippen LogP contribution in [-0.2, 0) is 9.59 Å². The molecule has 0 radical (unpaired) electrons. The third-order valence-electron chi connectivity index (χ3n) is 5.51. The van der Waals surface area contributed by atoms with Gasteiger partial charge in [-0.2, -0.15) is 0 Å². The zero-order chi connectivity index (χ0) is 17.4. The zero-order valence-electron chi connectivity index (χ0n) is 14.7. The summed E-state index contributed by atoms with van der Waals surface area (Å²) in [5, 5.41) is 0. The number of nitrogens with zero attached hydrogens (tertiary/aromatic N) is 3. The quantitative estimate of drug-likeness (QED) is 0.828. The molecule has 0 N–H and O–H groups in total. The summed E-state index contributed by atoms with van der Waals surface area (Å²) in [5.41, 5.74) is 1.13. The molecule has 2 amide bonds. The number of rotatable bonds is 4. The van der Waals surface area contributed by atoms with E-state index in [-0.39, 0.29) is 17.7 Å². The predicted molar refractivity (Wildman–Crippen MR) is 94.6 cm³/mol. The molecular weight excluding hydrogens is 318 g/mol. The molecule has 3 fully saturated rings. The molecule has 1 aromatic rings. The van der Waals surface area contributed by atoms with Crippen LogP contribution in [-0.4, -0.2) is 67.5 Å². The van der Waals surface area contributed by atoms with E-state index in [1.54, 1.807) is 7.11 Å². The maximum absolute atomic E-state index is 12.8. The Hall–Kier alpha value is -2.24. The number of likely N-dealkylation sites (tertiary alicyclic amines) is 1. The highest BCUT2D eigenvalue weighted by molar-refractivity contribution is 5.89. The number of ether oxygens (including phenoxy) is 1. The van der Waals surface area contributed by atoms with Crippen molar-refractivity contribution >= 4 is 17.5 Å². The molecule has 0 bridgehead atoms. The molecule has 4 rings (SSSR count). The molecule has 6 nitrogen and oxygen atoms in total. The number of hydrogen-bond donors (Lipinski definition) is 0. The summed E-state index contributed by atoms with van der Waals surface area (Å²) < 4.78 is 5.29. The van der Waals surface area contributed by atoms with Crippen LogP contribution in [0.2, 0.25) is 0 Å². The number of anilines is 1. The summed E-state index contributed by atoms with van der Waals surface area (Å²) in [6.07, 6.45) is 2.60. The van der Waals surface area contributed by atoms with Crippen molar-refractivity contribution in [2.24, 2.45) is 5.92 Å². The third-order valence-corrected chi connectivity index (χ3v) is 5.51. The first-order valence-electron chi connectivity index (χ1n) is 9.13. The van der Waals surface area contributed by atoms with Gasteiger partial charge < -0.3 is 19.4 Å². The molecule has 1 saturated carbocycles. The maximum Gasteiger partial charge on any atom is 0.228 e. The lowest BCUT2D eigenvalue weighted by Crippen LogP contribution is -2.50. The van der Waals surface area contributed by atoms with E-state index in [4.69, 9.17) is 4.74 Å². The van der Waals surface area contributed by atoms with Gasteiger partial charge in [0.25, 0.3) is 0 Å². The fourth-order valence-corrected chi connectivity index (χ4v) is 3.89. The molecule has 2 aliphatic heterocycles. The predicted octanol–water partition coefficient (Wildman–Crippen LogP) is 1.35. The summed E-state index contributed by atoms with van der Waals surface area (Å²) >= 11 is 0. The summed E-state index contributed by atoms with van der Waals surface area (Å²) in [7, 11) is 1.67. The van der Waals surface area contributed by atoms with E-state index in [2.05, 4.69) is 11.0 Å². The minimum atomic E-state index is -0.142. The van der Waals surface area contributed by atoms with Crippen molar-refractivity contribution < 1.29 is 14.3 Å². The molecule has 0 spiro atoms. The Morgan fingerprint density at radius 1 is 1.16 bits per heavy atom. The molecule has 3 aliphatic rings. The number of carbonyl (C=O) groups is 2. The van der Waals surface area contributed by atoms with Crippen molar-refractivity contribution in [2.45, 2.75) is 25.3 Å². The van der Waals surface area contributed by atoms with Crippen LogP contribution in [0.3, 0.4) is 0 Å². The van der Waals surface area contributed by atoms with Crippen LogP contribution in [0.25, 0.3) is 0 Å².